The number of ether oxygens (including phenoxy) is 1. The Morgan fingerprint density at radius 2 is 2.26 bits per heavy atom. The molecule has 19 heavy (non-hydrogen) atoms. The first-order valence-corrected chi connectivity index (χ1v) is 6.53. The summed E-state index contributed by atoms with van der Waals surface area (Å²) in [5.74, 6) is 0.376. The predicted molar refractivity (Wildman–Crippen MR) is 75.0 cm³/mol. The summed E-state index contributed by atoms with van der Waals surface area (Å²) in [6.07, 6.45) is 0. The van der Waals surface area contributed by atoms with Crippen LogP contribution in [0.5, 0.6) is 5.75 Å². The first-order valence-electron chi connectivity index (χ1n) is 5.27. The van der Waals surface area contributed by atoms with Gasteiger partial charge in [0.05, 0.1) is 34.3 Å². The number of thiophene rings is 1. The van der Waals surface area contributed by atoms with Gasteiger partial charge in [-0.05, 0) is 18.2 Å². The molecule has 0 spiro atoms. The van der Waals surface area contributed by atoms with Crippen LogP contribution in [-0.2, 0) is 0 Å². The van der Waals surface area contributed by atoms with E-state index < -0.39 is 0 Å². The van der Waals surface area contributed by atoms with E-state index >= 15 is 0 Å². The van der Waals surface area contributed by atoms with Gasteiger partial charge in [-0.2, -0.15) is 5.26 Å². The number of benzene rings is 1. The van der Waals surface area contributed by atoms with Crippen molar-refractivity contribution in [3.63, 3.8) is 0 Å². The Balaban J connectivity index is 2.17. The standard InChI is InChI=1S/C13H9ClN2O2S/c1-18-9-5-12(19-7-9)13(17)16-11-3-2-8(6-15)4-10(11)14/h2-5,7H,1H3,(H,16,17). The van der Waals surface area contributed by atoms with Crippen LogP contribution in [0.3, 0.4) is 0 Å². The first-order chi connectivity index (χ1) is 9.13. The second-order valence-electron chi connectivity index (χ2n) is 3.61. The quantitative estimate of drug-likeness (QED) is 0.941. The Hall–Kier alpha value is -2.03. The van der Waals surface area contributed by atoms with E-state index in [1.165, 1.54) is 17.4 Å². The van der Waals surface area contributed by atoms with Crippen molar-refractivity contribution in [2.45, 2.75) is 0 Å². The van der Waals surface area contributed by atoms with Crippen LogP contribution >= 0.6 is 22.9 Å². The number of hydrogen-bond donors (Lipinski definition) is 1. The van der Waals surface area contributed by atoms with E-state index in [9.17, 15) is 4.79 Å². The van der Waals surface area contributed by atoms with Crippen molar-refractivity contribution < 1.29 is 9.53 Å². The minimum Gasteiger partial charge on any atom is -0.496 e. The average Bonchev–Trinajstić information content (AvgIpc) is 2.90. The number of methoxy groups -OCH3 is 1. The first kappa shape index (κ1) is 13.4. The molecule has 1 aromatic carbocycles. The van der Waals surface area contributed by atoms with E-state index in [1.54, 1.807) is 30.7 Å². The fraction of sp³-hybridized carbons (Fsp3) is 0.0769. The molecule has 0 unspecified atom stereocenters. The number of hydrogen-bond acceptors (Lipinski definition) is 4. The number of carbonyl (C=O) groups excluding carboxylic acids is 1. The Labute approximate surface area is 119 Å². The number of amides is 1. The van der Waals surface area contributed by atoms with E-state index in [2.05, 4.69) is 5.32 Å². The third-order valence-electron chi connectivity index (χ3n) is 2.38. The lowest BCUT2D eigenvalue weighted by atomic mass is 10.2. The van der Waals surface area contributed by atoms with Crippen LogP contribution in [0, 0.1) is 11.3 Å². The van der Waals surface area contributed by atoms with Crippen LogP contribution in [0.4, 0.5) is 5.69 Å². The molecule has 1 heterocycles. The summed E-state index contributed by atoms with van der Waals surface area (Å²) in [4.78, 5) is 12.5. The summed E-state index contributed by atoms with van der Waals surface area (Å²) in [6, 6.07) is 8.33. The molecule has 0 saturated carbocycles. The molecule has 2 rings (SSSR count). The van der Waals surface area contributed by atoms with Gasteiger partial charge in [-0.15, -0.1) is 11.3 Å². The van der Waals surface area contributed by atoms with Gasteiger partial charge >= 0.3 is 0 Å². The van der Waals surface area contributed by atoms with Crippen LogP contribution in [0.2, 0.25) is 5.02 Å². The third kappa shape index (κ3) is 3.05. The van der Waals surface area contributed by atoms with E-state index in [0.717, 1.165) is 0 Å². The van der Waals surface area contributed by atoms with E-state index in [4.69, 9.17) is 21.6 Å². The molecule has 4 nitrogen and oxygen atoms in total. The summed E-state index contributed by atoms with van der Waals surface area (Å²) in [5.41, 5.74) is 0.916. The molecular weight excluding hydrogens is 284 g/mol. The lowest BCUT2D eigenvalue weighted by Gasteiger charge is -2.05. The van der Waals surface area contributed by atoms with Gasteiger partial charge in [-0.25, -0.2) is 0 Å². The molecule has 1 aromatic heterocycles. The van der Waals surface area contributed by atoms with Crippen molar-refractivity contribution in [2.24, 2.45) is 0 Å². The molecule has 0 aliphatic heterocycles. The number of anilines is 1. The maximum Gasteiger partial charge on any atom is 0.265 e. The molecule has 0 bridgehead atoms. The van der Waals surface area contributed by atoms with Gasteiger partial charge in [0.1, 0.15) is 5.75 Å². The lowest BCUT2D eigenvalue weighted by Crippen LogP contribution is -2.10. The molecular formula is C13H9ClN2O2S. The summed E-state index contributed by atoms with van der Waals surface area (Å²) in [5, 5.41) is 13.5. The zero-order chi connectivity index (χ0) is 13.8. The smallest absolute Gasteiger partial charge is 0.265 e. The molecule has 0 saturated heterocycles. The van der Waals surface area contributed by atoms with Crippen molar-refractivity contribution >= 4 is 34.5 Å². The SMILES string of the molecule is COc1csc(C(=O)Nc2ccc(C#N)cc2Cl)c1. The van der Waals surface area contributed by atoms with Gasteiger partial charge in [0.2, 0.25) is 0 Å². The summed E-state index contributed by atoms with van der Waals surface area (Å²) in [7, 11) is 1.54. The number of halogens is 1. The second-order valence-corrected chi connectivity index (χ2v) is 4.93. The van der Waals surface area contributed by atoms with E-state index in [-0.39, 0.29) is 5.91 Å². The van der Waals surface area contributed by atoms with E-state index in [1.807, 2.05) is 6.07 Å². The van der Waals surface area contributed by atoms with Crippen LogP contribution in [0.1, 0.15) is 15.2 Å². The average molecular weight is 293 g/mol. The summed E-state index contributed by atoms with van der Waals surface area (Å²) in [6.45, 7) is 0. The van der Waals surface area contributed by atoms with Gasteiger partial charge in [-0.1, -0.05) is 11.6 Å². The molecule has 0 atom stereocenters. The molecule has 0 aliphatic rings. The highest BCUT2D eigenvalue weighted by Gasteiger charge is 2.11. The fourth-order valence-electron chi connectivity index (χ4n) is 1.41. The maximum absolute atomic E-state index is 12.0. The number of rotatable bonds is 3. The van der Waals surface area contributed by atoms with Gasteiger partial charge in [-0.3, -0.25) is 4.79 Å². The fourth-order valence-corrected chi connectivity index (χ4v) is 2.39. The van der Waals surface area contributed by atoms with Gasteiger partial charge in [0.25, 0.3) is 5.91 Å². The zero-order valence-electron chi connectivity index (χ0n) is 9.94. The lowest BCUT2D eigenvalue weighted by molar-refractivity contribution is 0.103. The monoisotopic (exact) mass is 292 g/mol. The number of nitrogens with one attached hydrogen (secondary N) is 1. The third-order valence-corrected chi connectivity index (χ3v) is 3.60. The van der Waals surface area contributed by atoms with Crippen molar-refractivity contribution in [3.8, 4) is 11.8 Å². The van der Waals surface area contributed by atoms with Crippen molar-refractivity contribution in [1.29, 1.82) is 5.26 Å². The molecule has 2 aromatic rings. The number of nitrogens with zero attached hydrogens (tertiary/aromatic N) is 1. The molecule has 1 amide bonds. The van der Waals surface area contributed by atoms with E-state index in [0.29, 0.717) is 26.9 Å². The predicted octanol–water partition coefficient (Wildman–Crippen LogP) is 3.53. The minimum atomic E-state index is -0.264. The highest BCUT2D eigenvalue weighted by molar-refractivity contribution is 7.12. The molecule has 0 fully saturated rings. The Bertz CT molecular complexity index is 661. The molecule has 0 radical (unpaired) electrons. The molecule has 1 N–H and O–H groups in total. The summed E-state index contributed by atoms with van der Waals surface area (Å²) < 4.78 is 5.02. The van der Waals surface area contributed by atoms with Crippen molar-refractivity contribution in [2.75, 3.05) is 12.4 Å². The van der Waals surface area contributed by atoms with Gasteiger partial charge in [0.15, 0.2) is 0 Å². The van der Waals surface area contributed by atoms with Crippen molar-refractivity contribution in [1.82, 2.24) is 0 Å². The Kier molecular flexibility index (Phi) is 4.05. The Morgan fingerprint density at radius 1 is 1.47 bits per heavy atom. The van der Waals surface area contributed by atoms with Crippen LogP contribution in [-0.4, -0.2) is 13.0 Å². The second kappa shape index (κ2) is 5.74. The van der Waals surface area contributed by atoms with Crippen molar-refractivity contribution in [3.05, 3.63) is 45.1 Å². The maximum atomic E-state index is 12.0. The molecule has 0 aliphatic carbocycles. The normalized spacial score (nSPS) is 9.74. The van der Waals surface area contributed by atoms with Crippen LogP contribution < -0.4 is 10.1 Å². The van der Waals surface area contributed by atoms with Crippen LogP contribution in [0.15, 0.2) is 29.6 Å². The summed E-state index contributed by atoms with van der Waals surface area (Å²) >= 11 is 7.27. The highest BCUT2D eigenvalue weighted by Crippen LogP contribution is 2.26. The van der Waals surface area contributed by atoms with Gasteiger partial charge in [0, 0.05) is 11.4 Å². The molecule has 96 valence electrons. The topological polar surface area (TPSA) is 62.1 Å². The minimum absolute atomic E-state index is 0.264. The zero-order valence-corrected chi connectivity index (χ0v) is 11.5. The van der Waals surface area contributed by atoms with Crippen LogP contribution in [0.25, 0.3) is 0 Å². The molecule has 6 heteroatoms. The number of nitriles is 1. The Morgan fingerprint density at radius 3 is 2.84 bits per heavy atom. The van der Waals surface area contributed by atoms with Gasteiger partial charge < -0.3 is 10.1 Å². The largest absolute Gasteiger partial charge is 0.496 e. The highest BCUT2D eigenvalue weighted by atomic mass is 35.5. The number of carbonyl (C=O) groups is 1.